The van der Waals surface area contributed by atoms with Crippen LogP contribution >= 0.6 is 11.8 Å². The molecule has 19 heavy (non-hydrogen) atoms. The number of nitrogens with one attached hydrogen (secondary N) is 1. The van der Waals surface area contributed by atoms with E-state index in [9.17, 15) is 0 Å². The zero-order chi connectivity index (χ0) is 13.1. The summed E-state index contributed by atoms with van der Waals surface area (Å²) in [6.45, 7) is 1.90. The van der Waals surface area contributed by atoms with Gasteiger partial charge < -0.3 is 10.1 Å². The minimum absolute atomic E-state index is 0.266. The fourth-order valence-electron chi connectivity index (χ4n) is 3.09. The molecule has 1 aliphatic carbocycles. The average molecular weight is 277 g/mol. The largest absolute Gasteiger partial charge is 0.375 e. The van der Waals surface area contributed by atoms with Crippen molar-refractivity contribution >= 4 is 11.8 Å². The molecule has 3 rings (SSSR count). The standard InChI is InChI=1S/C16H23NOS/c1-17-12-13-3-5-14(6-4-13)19-15-7-10-18-16(11-15)8-2-9-16/h3-6,15,17H,2,7-12H2,1H3. The highest BCUT2D eigenvalue weighted by molar-refractivity contribution is 8.00. The lowest BCUT2D eigenvalue weighted by atomic mass is 9.75. The first-order valence-electron chi connectivity index (χ1n) is 7.34. The number of benzene rings is 1. The first-order valence-corrected chi connectivity index (χ1v) is 8.22. The molecular formula is C16H23NOS. The Bertz CT molecular complexity index is 413. The van der Waals surface area contributed by atoms with Crippen LogP contribution in [0.2, 0.25) is 0 Å². The van der Waals surface area contributed by atoms with Crippen LogP contribution in [0.25, 0.3) is 0 Å². The van der Waals surface area contributed by atoms with Crippen LogP contribution in [-0.4, -0.2) is 24.5 Å². The highest BCUT2D eigenvalue weighted by Gasteiger charge is 2.42. The molecule has 1 saturated carbocycles. The van der Waals surface area contributed by atoms with Crippen molar-refractivity contribution in [2.75, 3.05) is 13.7 Å². The SMILES string of the molecule is CNCc1ccc(SC2CCOC3(CCC3)C2)cc1. The molecule has 1 atom stereocenters. The van der Waals surface area contributed by atoms with Crippen LogP contribution in [0.4, 0.5) is 0 Å². The molecule has 0 aromatic heterocycles. The fraction of sp³-hybridized carbons (Fsp3) is 0.625. The van der Waals surface area contributed by atoms with Gasteiger partial charge in [0.05, 0.1) is 5.60 Å². The topological polar surface area (TPSA) is 21.3 Å². The molecule has 1 saturated heterocycles. The molecule has 2 nitrogen and oxygen atoms in total. The second-order valence-corrected chi connectivity index (χ2v) is 7.17. The van der Waals surface area contributed by atoms with Gasteiger partial charge in [-0.2, -0.15) is 0 Å². The van der Waals surface area contributed by atoms with Gasteiger partial charge in [-0.05, 0) is 56.8 Å². The van der Waals surface area contributed by atoms with E-state index in [1.54, 1.807) is 0 Å². The number of hydrogen-bond acceptors (Lipinski definition) is 3. The van der Waals surface area contributed by atoms with Gasteiger partial charge in [-0.1, -0.05) is 12.1 Å². The predicted octanol–water partition coefficient (Wildman–Crippen LogP) is 3.60. The zero-order valence-electron chi connectivity index (χ0n) is 11.7. The molecule has 2 aliphatic rings. The summed E-state index contributed by atoms with van der Waals surface area (Å²) in [4.78, 5) is 1.40. The Morgan fingerprint density at radius 1 is 1.32 bits per heavy atom. The van der Waals surface area contributed by atoms with E-state index in [2.05, 4.69) is 29.6 Å². The molecule has 1 unspecified atom stereocenters. The van der Waals surface area contributed by atoms with Crippen LogP contribution in [0, 0.1) is 0 Å². The molecule has 0 amide bonds. The van der Waals surface area contributed by atoms with E-state index in [1.165, 1.54) is 42.6 Å². The quantitative estimate of drug-likeness (QED) is 0.908. The van der Waals surface area contributed by atoms with E-state index in [1.807, 2.05) is 18.8 Å². The van der Waals surface area contributed by atoms with Crippen LogP contribution in [0.3, 0.4) is 0 Å². The Kier molecular flexibility index (Phi) is 4.15. The highest BCUT2D eigenvalue weighted by atomic mass is 32.2. The monoisotopic (exact) mass is 277 g/mol. The summed E-state index contributed by atoms with van der Waals surface area (Å²) >= 11 is 2.04. The fourth-order valence-corrected chi connectivity index (χ4v) is 4.36. The van der Waals surface area contributed by atoms with Crippen molar-refractivity contribution in [3.8, 4) is 0 Å². The molecule has 1 aromatic carbocycles. The molecule has 1 aliphatic heterocycles. The maximum atomic E-state index is 6.00. The number of hydrogen-bond donors (Lipinski definition) is 1. The molecule has 3 heteroatoms. The Hall–Kier alpha value is -0.510. The number of ether oxygens (including phenoxy) is 1. The molecule has 1 N–H and O–H groups in total. The first-order chi connectivity index (χ1) is 9.30. The molecule has 0 radical (unpaired) electrons. The summed E-state index contributed by atoms with van der Waals surface area (Å²) in [5.41, 5.74) is 1.62. The van der Waals surface area contributed by atoms with E-state index >= 15 is 0 Å². The van der Waals surface area contributed by atoms with Crippen molar-refractivity contribution in [1.82, 2.24) is 5.32 Å². The van der Waals surface area contributed by atoms with Crippen molar-refractivity contribution in [1.29, 1.82) is 0 Å². The minimum Gasteiger partial charge on any atom is -0.375 e. The molecule has 1 spiro atoms. The maximum absolute atomic E-state index is 6.00. The zero-order valence-corrected chi connectivity index (χ0v) is 12.5. The molecule has 104 valence electrons. The molecular weight excluding hydrogens is 254 g/mol. The summed E-state index contributed by atoms with van der Waals surface area (Å²) in [7, 11) is 1.99. The molecule has 2 fully saturated rings. The number of rotatable bonds is 4. The Morgan fingerprint density at radius 3 is 2.74 bits per heavy atom. The van der Waals surface area contributed by atoms with Crippen LogP contribution in [0.5, 0.6) is 0 Å². The van der Waals surface area contributed by atoms with Gasteiger partial charge in [0.1, 0.15) is 0 Å². The second-order valence-electron chi connectivity index (χ2n) is 5.79. The van der Waals surface area contributed by atoms with Gasteiger partial charge in [-0.3, -0.25) is 0 Å². The van der Waals surface area contributed by atoms with Crippen LogP contribution in [-0.2, 0) is 11.3 Å². The highest BCUT2D eigenvalue weighted by Crippen LogP contribution is 2.46. The third-order valence-electron chi connectivity index (χ3n) is 4.32. The van der Waals surface area contributed by atoms with Crippen molar-refractivity contribution in [2.45, 2.75) is 54.4 Å². The van der Waals surface area contributed by atoms with Crippen LogP contribution < -0.4 is 5.32 Å². The van der Waals surface area contributed by atoms with Gasteiger partial charge in [0.2, 0.25) is 0 Å². The van der Waals surface area contributed by atoms with Gasteiger partial charge in [-0.25, -0.2) is 0 Å². The average Bonchev–Trinajstić information content (AvgIpc) is 2.40. The van der Waals surface area contributed by atoms with Gasteiger partial charge in [0.15, 0.2) is 0 Å². The molecule has 0 bridgehead atoms. The maximum Gasteiger partial charge on any atom is 0.0693 e. The van der Waals surface area contributed by atoms with Crippen molar-refractivity contribution < 1.29 is 4.74 Å². The molecule has 1 aromatic rings. The summed E-state index contributed by atoms with van der Waals surface area (Å²) in [5.74, 6) is 0. The lowest BCUT2D eigenvalue weighted by molar-refractivity contribution is -0.125. The summed E-state index contributed by atoms with van der Waals surface area (Å²) < 4.78 is 6.00. The van der Waals surface area contributed by atoms with Crippen LogP contribution in [0.1, 0.15) is 37.7 Å². The van der Waals surface area contributed by atoms with Gasteiger partial charge in [0.25, 0.3) is 0 Å². The van der Waals surface area contributed by atoms with Crippen molar-refractivity contribution in [3.63, 3.8) is 0 Å². The Labute approximate surface area is 120 Å². The lowest BCUT2D eigenvalue weighted by Gasteiger charge is -2.47. The Morgan fingerprint density at radius 2 is 2.11 bits per heavy atom. The van der Waals surface area contributed by atoms with E-state index in [-0.39, 0.29) is 5.60 Å². The van der Waals surface area contributed by atoms with E-state index in [0.717, 1.165) is 18.4 Å². The van der Waals surface area contributed by atoms with E-state index < -0.39 is 0 Å². The summed E-state index contributed by atoms with van der Waals surface area (Å²) in [5, 5.41) is 3.93. The lowest BCUT2D eigenvalue weighted by Crippen LogP contribution is -2.46. The van der Waals surface area contributed by atoms with Gasteiger partial charge in [0, 0.05) is 23.3 Å². The van der Waals surface area contributed by atoms with E-state index in [0.29, 0.717) is 0 Å². The van der Waals surface area contributed by atoms with E-state index in [4.69, 9.17) is 4.74 Å². The second kappa shape index (κ2) is 5.86. The third-order valence-corrected chi connectivity index (χ3v) is 5.60. The Balaban J connectivity index is 1.58. The smallest absolute Gasteiger partial charge is 0.0693 e. The molecule has 1 heterocycles. The number of thioether (sulfide) groups is 1. The van der Waals surface area contributed by atoms with Gasteiger partial charge >= 0.3 is 0 Å². The van der Waals surface area contributed by atoms with Gasteiger partial charge in [-0.15, -0.1) is 11.8 Å². The minimum atomic E-state index is 0.266. The third kappa shape index (κ3) is 3.15. The van der Waals surface area contributed by atoms with Crippen molar-refractivity contribution in [2.24, 2.45) is 0 Å². The predicted molar refractivity (Wildman–Crippen MR) is 80.6 cm³/mol. The summed E-state index contributed by atoms with van der Waals surface area (Å²) in [6.07, 6.45) is 6.37. The summed E-state index contributed by atoms with van der Waals surface area (Å²) in [6, 6.07) is 9.00. The van der Waals surface area contributed by atoms with Crippen molar-refractivity contribution in [3.05, 3.63) is 29.8 Å². The first kappa shape index (κ1) is 13.5. The normalized spacial score (nSPS) is 25.2. The van der Waals surface area contributed by atoms with Crippen LogP contribution in [0.15, 0.2) is 29.2 Å².